The van der Waals surface area contributed by atoms with Crippen molar-refractivity contribution < 1.29 is 9.90 Å². The zero-order valence-corrected chi connectivity index (χ0v) is 9.77. The first-order chi connectivity index (χ1) is 8.08. The number of benzene rings is 1. The third kappa shape index (κ3) is 2.33. The highest BCUT2D eigenvalue weighted by atomic mass is 16.4. The van der Waals surface area contributed by atoms with Crippen molar-refractivity contribution in [3.8, 4) is 0 Å². The van der Waals surface area contributed by atoms with Crippen molar-refractivity contribution in [1.29, 1.82) is 0 Å². The first-order valence-electron chi connectivity index (χ1n) is 5.35. The van der Waals surface area contributed by atoms with Crippen LogP contribution in [0.4, 0.5) is 0 Å². The molecule has 86 valence electrons. The van der Waals surface area contributed by atoms with E-state index < -0.39 is 5.97 Å². The fourth-order valence-corrected chi connectivity index (χ4v) is 1.86. The summed E-state index contributed by atoms with van der Waals surface area (Å²) in [4.78, 5) is 14.8. The fraction of sp³-hybridized carbons (Fsp3) is 0.143. The molecule has 0 amide bonds. The zero-order chi connectivity index (χ0) is 12.4. The molecule has 1 aromatic carbocycles. The summed E-state index contributed by atoms with van der Waals surface area (Å²) >= 11 is 0. The number of hydrogen-bond donors (Lipinski definition) is 1. The van der Waals surface area contributed by atoms with Crippen LogP contribution in [0.15, 0.2) is 30.5 Å². The van der Waals surface area contributed by atoms with Gasteiger partial charge >= 0.3 is 5.97 Å². The number of fused-ring (bicyclic) bond motifs is 1. The van der Waals surface area contributed by atoms with E-state index in [1.807, 2.05) is 32.0 Å². The van der Waals surface area contributed by atoms with E-state index in [1.165, 1.54) is 0 Å². The van der Waals surface area contributed by atoms with Crippen molar-refractivity contribution in [3.05, 3.63) is 47.2 Å². The van der Waals surface area contributed by atoms with Gasteiger partial charge in [-0.15, -0.1) is 0 Å². The van der Waals surface area contributed by atoms with E-state index in [2.05, 4.69) is 4.98 Å². The number of rotatable bonds is 2. The normalized spacial score (nSPS) is 11.2. The molecule has 0 aliphatic rings. The van der Waals surface area contributed by atoms with Crippen molar-refractivity contribution in [2.24, 2.45) is 0 Å². The van der Waals surface area contributed by atoms with Crippen LogP contribution in [0.3, 0.4) is 0 Å². The molecule has 0 atom stereocenters. The average molecular weight is 227 g/mol. The first kappa shape index (κ1) is 11.3. The van der Waals surface area contributed by atoms with Gasteiger partial charge in [0.25, 0.3) is 0 Å². The lowest BCUT2D eigenvalue weighted by Gasteiger charge is -2.05. The van der Waals surface area contributed by atoms with E-state index in [4.69, 9.17) is 5.11 Å². The molecule has 1 aromatic heterocycles. The van der Waals surface area contributed by atoms with E-state index in [0.717, 1.165) is 33.7 Å². The Hall–Kier alpha value is -2.16. The quantitative estimate of drug-likeness (QED) is 0.802. The minimum Gasteiger partial charge on any atom is -0.478 e. The zero-order valence-electron chi connectivity index (χ0n) is 9.77. The summed E-state index contributed by atoms with van der Waals surface area (Å²) in [5.41, 5.74) is 4.05. The Balaban J connectivity index is 2.62. The molecular weight excluding hydrogens is 214 g/mol. The average Bonchev–Trinajstić information content (AvgIpc) is 2.28. The Kier molecular flexibility index (Phi) is 2.91. The van der Waals surface area contributed by atoms with Gasteiger partial charge in [0.05, 0.1) is 5.52 Å². The third-order valence-electron chi connectivity index (χ3n) is 2.69. The van der Waals surface area contributed by atoms with E-state index >= 15 is 0 Å². The Morgan fingerprint density at radius 3 is 2.76 bits per heavy atom. The molecule has 1 heterocycles. The summed E-state index contributed by atoms with van der Waals surface area (Å²) in [6.45, 7) is 4.00. The third-order valence-corrected chi connectivity index (χ3v) is 2.69. The number of carboxylic acid groups (broad SMARTS) is 1. The van der Waals surface area contributed by atoms with Gasteiger partial charge in [-0.1, -0.05) is 0 Å². The molecular formula is C14H13NO2. The summed E-state index contributed by atoms with van der Waals surface area (Å²) in [6.07, 6.45) is 4.53. The molecule has 0 spiro atoms. The summed E-state index contributed by atoms with van der Waals surface area (Å²) in [7, 11) is 0. The van der Waals surface area contributed by atoms with E-state index in [0.29, 0.717) is 0 Å². The van der Waals surface area contributed by atoms with E-state index in [9.17, 15) is 4.79 Å². The molecule has 0 radical (unpaired) electrons. The summed E-state index contributed by atoms with van der Waals surface area (Å²) in [5, 5.41) is 9.68. The number of carboxylic acids is 1. The van der Waals surface area contributed by atoms with Crippen molar-refractivity contribution >= 4 is 22.9 Å². The summed E-state index contributed by atoms with van der Waals surface area (Å²) in [6, 6.07) is 5.85. The van der Waals surface area contributed by atoms with Crippen molar-refractivity contribution in [2.75, 3.05) is 0 Å². The highest BCUT2D eigenvalue weighted by Gasteiger charge is 2.03. The number of nitrogens with zero attached hydrogens (tertiary/aromatic N) is 1. The number of aromatic nitrogens is 1. The Labute approximate surface area is 99.4 Å². The van der Waals surface area contributed by atoms with E-state index in [-0.39, 0.29) is 0 Å². The number of aryl methyl sites for hydroxylation is 2. The number of aliphatic carboxylic acids is 1. The standard InChI is InChI=1S/C14H13NO2/c1-9-5-6-15-14-10(2)7-11(8-12(9)14)3-4-13(16)17/h3-8H,1-2H3,(H,16,17)/b4-3+. The van der Waals surface area contributed by atoms with Crippen molar-refractivity contribution in [1.82, 2.24) is 4.98 Å². The van der Waals surface area contributed by atoms with Gasteiger partial charge < -0.3 is 5.11 Å². The lowest BCUT2D eigenvalue weighted by molar-refractivity contribution is -0.131. The molecule has 2 aromatic rings. The van der Waals surface area contributed by atoms with Gasteiger partial charge in [-0.25, -0.2) is 4.79 Å². The topological polar surface area (TPSA) is 50.2 Å². The summed E-state index contributed by atoms with van der Waals surface area (Å²) < 4.78 is 0. The van der Waals surface area contributed by atoms with Gasteiger partial charge in [0, 0.05) is 17.7 Å². The Bertz CT molecular complexity index is 615. The number of pyridine rings is 1. The van der Waals surface area contributed by atoms with Crippen LogP contribution in [-0.4, -0.2) is 16.1 Å². The van der Waals surface area contributed by atoms with Gasteiger partial charge in [-0.2, -0.15) is 0 Å². The fourth-order valence-electron chi connectivity index (χ4n) is 1.86. The van der Waals surface area contributed by atoms with Crippen LogP contribution in [0, 0.1) is 13.8 Å². The molecule has 1 N–H and O–H groups in total. The van der Waals surface area contributed by atoms with Crippen molar-refractivity contribution in [2.45, 2.75) is 13.8 Å². The minimum atomic E-state index is -0.939. The SMILES string of the molecule is Cc1ccnc2c(C)cc(/C=C/C(=O)O)cc12. The van der Waals surface area contributed by atoms with Gasteiger partial charge in [-0.05, 0) is 54.8 Å². The van der Waals surface area contributed by atoms with Gasteiger partial charge in [0.15, 0.2) is 0 Å². The molecule has 0 fully saturated rings. The largest absolute Gasteiger partial charge is 0.478 e. The molecule has 0 aliphatic heterocycles. The molecule has 2 rings (SSSR count). The predicted octanol–water partition coefficient (Wildman–Crippen LogP) is 2.95. The van der Waals surface area contributed by atoms with Crippen LogP contribution in [0.2, 0.25) is 0 Å². The lowest BCUT2D eigenvalue weighted by atomic mass is 10.0. The molecule has 0 unspecified atom stereocenters. The molecule has 3 heteroatoms. The molecule has 17 heavy (non-hydrogen) atoms. The van der Waals surface area contributed by atoms with E-state index in [1.54, 1.807) is 12.3 Å². The van der Waals surface area contributed by atoms with Crippen LogP contribution < -0.4 is 0 Å². The second-order valence-corrected chi connectivity index (χ2v) is 4.03. The maximum atomic E-state index is 10.5. The molecule has 0 bridgehead atoms. The van der Waals surface area contributed by atoms with Crippen LogP contribution in [-0.2, 0) is 4.79 Å². The number of carbonyl (C=O) groups is 1. The number of hydrogen-bond acceptors (Lipinski definition) is 2. The lowest BCUT2D eigenvalue weighted by Crippen LogP contribution is -1.89. The summed E-state index contributed by atoms with van der Waals surface area (Å²) in [5.74, 6) is -0.939. The second kappa shape index (κ2) is 4.37. The molecule has 0 aliphatic carbocycles. The Morgan fingerprint density at radius 1 is 1.29 bits per heavy atom. The highest BCUT2D eigenvalue weighted by Crippen LogP contribution is 2.22. The molecule has 0 saturated heterocycles. The first-order valence-corrected chi connectivity index (χ1v) is 5.35. The maximum absolute atomic E-state index is 10.5. The van der Waals surface area contributed by atoms with Crippen LogP contribution in [0.1, 0.15) is 16.7 Å². The van der Waals surface area contributed by atoms with Crippen LogP contribution in [0.25, 0.3) is 17.0 Å². The van der Waals surface area contributed by atoms with Gasteiger partial charge in [0.1, 0.15) is 0 Å². The van der Waals surface area contributed by atoms with Crippen LogP contribution >= 0.6 is 0 Å². The predicted molar refractivity (Wildman–Crippen MR) is 67.9 cm³/mol. The van der Waals surface area contributed by atoms with Gasteiger partial charge in [-0.3, -0.25) is 4.98 Å². The molecule has 3 nitrogen and oxygen atoms in total. The second-order valence-electron chi connectivity index (χ2n) is 4.03. The van der Waals surface area contributed by atoms with Crippen LogP contribution in [0.5, 0.6) is 0 Å². The van der Waals surface area contributed by atoms with Gasteiger partial charge in [0.2, 0.25) is 0 Å². The van der Waals surface area contributed by atoms with Crippen molar-refractivity contribution in [3.63, 3.8) is 0 Å². The molecule has 0 saturated carbocycles. The highest BCUT2D eigenvalue weighted by molar-refractivity contribution is 5.89. The Morgan fingerprint density at radius 2 is 2.06 bits per heavy atom. The maximum Gasteiger partial charge on any atom is 0.328 e. The smallest absolute Gasteiger partial charge is 0.328 e. The monoisotopic (exact) mass is 227 g/mol. The minimum absolute atomic E-state index is 0.883.